The van der Waals surface area contributed by atoms with Crippen molar-refractivity contribution in [2.24, 2.45) is 0 Å². The van der Waals surface area contributed by atoms with Gasteiger partial charge in [-0.15, -0.1) is 0 Å². The molecular weight excluding hydrogens is 238 g/mol. The molecule has 1 amide bonds. The lowest BCUT2D eigenvalue weighted by Gasteiger charge is -2.20. The number of nitro groups is 1. The van der Waals surface area contributed by atoms with E-state index in [9.17, 15) is 14.9 Å². The van der Waals surface area contributed by atoms with Gasteiger partial charge in [0.2, 0.25) is 0 Å². The highest BCUT2D eigenvalue weighted by atomic mass is 16.6. The van der Waals surface area contributed by atoms with Crippen LogP contribution in [0.15, 0.2) is 18.2 Å². The van der Waals surface area contributed by atoms with Crippen LogP contribution in [0.1, 0.15) is 24.2 Å². The highest BCUT2D eigenvalue weighted by Crippen LogP contribution is 2.29. The Morgan fingerprint density at radius 2 is 2.06 bits per heavy atom. The van der Waals surface area contributed by atoms with Crippen molar-refractivity contribution < 1.29 is 14.9 Å². The maximum Gasteiger partial charge on any atom is 0.293 e. The van der Waals surface area contributed by atoms with Crippen LogP contribution in [0.4, 0.5) is 11.4 Å². The predicted octanol–water partition coefficient (Wildman–Crippen LogP) is 1.56. The van der Waals surface area contributed by atoms with E-state index < -0.39 is 10.8 Å². The number of anilines is 1. The Morgan fingerprint density at radius 1 is 1.44 bits per heavy atom. The number of nitrogens with zero attached hydrogens (tertiary/aromatic N) is 2. The van der Waals surface area contributed by atoms with E-state index in [1.807, 2.05) is 18.7 Å². The van der Waals surface area contributed by atoms with Gasteiger partial charge < -0.3 is 4.90 Å². The zero-order valence-corrected chi connectivity index (χ0v) is 10.2. The quantitative estimate of drug-likeness (QED) is 0.471. The molecule has 0 bridgehead atoms. The number of carbonyl (C=O) groups is 1. The van der Waals surface area contributed by atoms with Crippen molar-refractivity contribution in [2.45, 2.75) is 13.8 Å². The van der Waals surface area contributed by atoms with Gasteiger partial charge in [0.05, 0.1) is 4.92 Å². The largest absolute Gasteiger partial charge is 0.367 e. The third-order valence-corrected chi connectivity index (χ3v) is 2.64. The van der Waals surface area contributed by atoms with E-state index in [0.29, 0.717) is 18.8 Å². The van der Waals surface area contributed by atoms with E-state index in [2.05, 4.69) is 0 Å². The molecule has 0 heterocycles. The van der Waals surface area contributed by atoms with Crippen molar-refractivity contribution >= 4 is 17.3 Å². The molecular formula is C11H15N3O4. The summed E-state index contributed by atoms with van der Waals surface area (Å²) in [5.74, 6) is -0.774. The molecule has 1 aromatic rings. The summed E-state index contributed by atoms with van der Waals surface area (Å²) in [6.45, 7) is 5.04. The molecule has 0 aliphatic heterocycles. The van der Waals surface area contributed by atoms with Gasteiger partial charge in [0.15, 0.2) is 0 Å². The Kier molecular flexibility index (Phi) is 4.61. The first-order valence-electron chi connectivity index (χ1n) is 5.52. The van der Waals surface area contributed by atoms with Crippen LogP contribution in [0.5, 0.6) is 0 Å². The number of hydrogen-bond donors (Lipinski definition) is 2. The highest BCUT2D eigenvalue weighted by molar-refractivity contribution is 5.95. The Hall–Kier alpha value is -2.15. The lowest BCUT2D eigenvalue weighted by Crippen LogP contribution is -2.23. The van der Waals surface area contributed by atoms with E-state index in [1.54, 1.807) is 0 Å². The third kappa shape index (κ3) is 2.75. The van der Waals surface area contributed by atoms with Crippen LogP contribution in [0.25, 0.3) is 0 Å². The molecule has 0 spiro atoms. The van der Waals surface area contributed by atoms with Gasteiger partial charge >= 0.3 is 0 Å². The monoisotopic (exact) mass is 253 g/mol. The molecule has 0 radical (unpaired) electrons. The van der Waals surface area contributed by atoms with Gasteiger partial charge in [0.25, 0.3) is 11.6 Å². The fraction of sp³-hybridized carbons (Fsp3) is 0.364. The SMILES string of the molecule is CCN(CC)c1ccc(C(=O)NO)cc1[N+](=O)[O-]. The van der Waals surface area contributed by atoms with Crippen molar-refractivity contribution in [1.82, 2.24) is 5.48 Å². The van der Waals surface area contributed by atoms with Crippen LogP contribution in [-0.2, 0) is 0 Å². The summed E-state index contributed by atoms with van der Waals surface area (Å²) in [5, 5.41) is 19.5. The minimum Gasteiger partial charge on any atom is -0.367 e. The van der Waals surface area contributed by atoms with E-state index in [1.165, 1.54) is 17.6 Å². The molecule has 0 saturated heterocycles. The summed E-state index contributed by atoms with van der Waals surface area (Å²) in [6, 6.07) is 4.10. The van der Waals surface area contributed by atoms with E-state index in [4.69, 9.17) is 5.21 Å². The van der Waals surface area contributed by atoms with Crippen molar-refractivity contribution in [3.63, 3.8) is 0 Å². The van der Waals surface area contributed by atoms with Crippen LogP contribution >= 0.6 is 0 Å². The first-order valence-corrected chi connectivity index (χ1v) is 5.52. The molecule has 98 valence electrons. The van der Waals surface area contributed by atoms with Gasteiger partial charge in [0.1, 0.15) is 5.69 Å². The number of hydrogen-bond acceptors (Lipinski definition) is 5. The molecule has 0 aliphatic carbocycles. The Morgan fingerprint density at radius 3 is 2.50 bits per heavy atom. The molecule has 7 nitrogen and oxygen atoms in total. The van der Waals surface area contributed by atoms with Crippen molar-refractivity contribution in [2.75, 3.05) is 18.0 Å². The number of benzene rings is 1. The molecule has 0 atom stereocenters. The van der Waals surface area contributed by atoms with Gasteiger partial charge in [-0.25, -0.2) is 5.48 Å². The van der Waals surface area contributed by atoms with E-state index >= 15 is 0 Å². The number of rotatable bonds is 5. The second-order valence-electron chi connectivity index (χ2n) is 3.57. The lowest BCUT2D eigenvalue weighted by molar-refractivity contribution is -0.384. The molecule has 1 aromatic carbocycles. The fourth-order valence-electron chi connectivity index (χ4n) is 1.71. The van der Waals surface area contributed by atoms with Crippen LogP contribution < -0.4 is 10.4 Å². The van der Waals surface area contributed by atoms with Crippen molar-refractivity contribution in [1.29, 1.82) is 0 Å². The van der Waals surface area contributed by atoms with E-state index in [0.717, 1.165) is 6.07 Å². The minimum absolute atomic E-state index is 0.0418. The topological polar surface area (TPSA) is 95.7 Å². The smallest absolute Gasteiger partial charge is 0.293 e. The Bertz CT molecular complexity index is 458. The number of nitrogens with one attached hydrogen (secondary N) is 1. The minimum atomic E-state index is -0.774. The number of nitro benzene ring substituents is 1. The average Bonchev–Trinajstić information content (AvgIpc) is 2.39. The third-order valence-electron chi connectivity index (χ3n) is 2.64. The fourth-order valence-corrected chi connectivity index (χ4v) is 1.71. The van der Waals surface area contributed by atoms with Gasteiger partial charge in [-0.05, 0) is 26.0 Å². The highest BCUT2D eigenvalue weighted by Gasteiger charge is 2.20. The predicted molar refractivity (Wildman–Crippen MR) is 65.9 cm³/mol. The van der Waals surface area contributed by atoms with Gasteiger partial charge in [-0.1, -0.05) is 0 Å². The summed E-state index contributed by atoms with van der Waals surface area (Å²) in [6.07, 6.45) is 0. The zero-order valence-electron chi connectivity index (χ0n) is 10.2. The summed E-state index contributed by atoms with van der Waals surface area (Å²) in [5.41, 5.74) is 1.80. The molecule has 0 saturated carbocycles. The molecule has 0 aliphatic rings. The van der Waals surface area contributed by atoms with Crippen LogP contribution in [0.2, 0.25) is 0 Å². The Labute approximate surface area is 104 Å². The molecule has 7 heteroatoms. The number of carbonyl (C=O) groups excluding carboxylic acids is 1. The summed E-state index contributed by atoms with van der Waals surface area (Å²) in [7, 11) is 0. The summed E-state index contributed by atoms with van der Waals surface area (Å²) < 4.78 is 0. The van der Waals surface area contributed by atoms with Crippen LogP contribution in [0.3, 0.4) is 0 Å². The van der Waals surface area contributed by atoms with Gasteiger partial charge in [0, 0.05) is 24.7 Å². The maximum absolute atomic E-state index is 11.2. The summed E-state index contributed by atoms with van der Waals surface area (Å²) in [4.78, 5) is 23.5. The molecule has 0 fully saturated rings. The van der Waals surface area contributed by atoms with Crippen molar-refractivity contribution in [3.05, 3.63) is 33.9 Å². The van der Waals surface area contributed by atoms with Crippen LogP contribution in [-0.4, -0.2) is 29.1 Å². The average molecular weight is 253 g/mol. The first-order chi connectivity index (χ1) is 8.54. The first kappa shape index (κ1) is 13.9. The number of amides is 1. The second kappa shape index (κ2) is 5.97. The van der Waals surface area contributed by atoms with E-state index in [-0.39, 0.29) is 11.3 Å². The maximum atomic E-state index is 11.2. The molecule has 0 aromatic heterocycles. The normalized spacial score (nSPS) is 9.94. The van der Waals surface area contributed by atoms with Crippen molar-refractivity contribution in [3.8, 4) is 0 Å². The molecule has 2 N–H and O–H groups in total. The molecule has 18 heavy (non-hydrogen) atoms. The van der Waals surface area contributed by atoms with Gasteiger partial charge in [-0.3, -0.25) is 20.1 Å². The number of hydroxylamine groups is 1. The standard InChI is InChI=1S/C11H15N3O4/c1-3-13(4-2)9-6-5-8(11(15)12-16)7-10(9)14(17)18/h5-7,16H,3-4H2,1-2H3,(H,12,15). The van der Waals surface area contributed by atoms with Gasteiger partial charge in [-0.2, -0.15) is 0 Å². The second-order valence-corrected chi connectivity index (χ2v) is 3.57. The lowest BCUT2D eigenvalue weighted by atomic mass is 10.1. The Balaban J connectivity index is 3.28. The van der Waals surface area contributed by atoms with Crippen LogP contribution in [0, 0.1) is 10.1 Å². The molecule has 0 unspecified atom stereocenters. The summed E-state index contributed by atoms with van der Waals surface area (Å²) >= 11 is 0. The zero-order chi connectivity index (χ0) is 13.7. The molecule has 1 rings (SSSR count).